The molecule has 0 bridgehead atoms. The van der Waals surface area contributed by atoms with E-state index in [1.54, 1.807) is 7.11 Å². The Morgan fingerprint density at radius 3 is 2.65 bits per heavy atom. The van der Waals surface area contributed by atoms with Crippen LogP contribution in [0.5, 0.6) is 11.5 Å². The molecule has 0 atom stereocenters. The molecule has 140 valence electrons. The molecule has 7 nitrogen and oxygen atoms in total. The zero-order valence-electron chi connectivity index (χ0n) is 15.5. The number of likely N-dealkylation sites (tertiary alicyclic amines) is 1. The summed E-state index contributed by atoms with van der Waals surface area (Å²) in [6.45, 7) is 5.67. The number of nitrogens with two attached hydrogens (primary N) is 1. The Morgan fingerprint density at radius 1 is 1.19 bits per heavy atom. The summed E-state index contributed by atoms with van der Waals surface area (Å²) in [5, 5.41) is 8.89. The third-order valence-corrected chi connectivity index (χ3v) is 5.34. The molecule has 4 rings (SSSR count). The lowest BCUT2D eigenvalue weighted by atomic mass is 9.80. The summed E-state index contributed by atoms with van der Waals surface area (Å²) in [6.07, 6.45) is 2.26. The molecule has 2 N–H and O–H groups in total. The molecular weight excluding hydrogens is 330 g/mol. The number of rotatable bonds is 7. The normalized spacial score (nSPS) is 23.3. The van der Waals surface area contributed by atoms with Gasteiger partial charge in [-0.05, 0) is 31.9 Å². The fourth-order valence-electron chi connectivity index (χ4n) is 3.78. The van der Waals surface area contributed by atoms with Crippen LogP contribution in [0.15, 0.2) is 24.3 Å². The fourth-order valence-corrected chi connectivity index (χ4v) is 3.78. The number of methoxy groups -OCH3 is 1. The van der Waals surface area contributed by atoms with Crippen LogP contribution >= 0.6 is 0 Å². The molecule has 0 radical (unpaired) electrons. The van der Waals surface area contributed by atoms with E-state index in [-0.39, 0.29) is 6.10 Å². The van der Waals surface area contributed by atoms with Crippen molar-refractivity contribution in [2.45, 2.75) is 50.9 Å². The Bertz CT molecular complexity index is 750. The molecule has 0 spiro atoms. The third-order valence-electron chi connectivity index (χ3n) is 5.34. The molecule has 2 heterocycles. The van der Waals surface area contributed by atoms with Gasteiger partial charge in [-0.15, -0.1) is 10.2 Å². The molecule has 1 aliphatic carbocycles. The zero-order chi connectivity index (χ0) is 18.1. The van der Waals surface area contributed by atoms with Crippen molar-refractivity contribution in [3.8, 4) is 11.5 Å². The van der Waals surface area contributed by atoms with Crippen LogP contribution in [0.4, 0.5) is 0 Å². The van der Waals surface area contributed by atoms with Gasteiger partial charge >= 0.3 is 0 Å². The van der Waals surface area contributed by atoms with E-state index in [1.807, 2.05) is 24.3 Å². The van der Waals surface area contributed by atoms with Gasteiger partial charge in [-0.3, -0.25) is 4.90 Å². The van der Waals surface area contributed by atoms with Crippen molar-refractivity contribution >= 4 is 0 Å². The maximum Gasteiger partial charge on any atom is 0.147 e. The molecule has 2 fully saturated rings. The highest BCUT2D eigenvalue weighted by molar-refractivity contribution is 5.33. The van der Waals surface area contributed by atoms with Gasteiger partial charge in [0, 0.05) is 37.7 Å². The molecule has 1 saturated carbocycles. The Kier molecular flexibility index (Phi) is 4.82. The summed E-state index contributed by atoms with van der Waals surface area (Å²) in [7, 11) is 1.67. The molecular formula is C19H27N5O2. The Morgan fingerprint density at radius 2 is 1.96 bits per heavy atom. The van der Waals surface area contributed by atoms with Crippen LogP contribution in [0.25, 0.3) is 0 Å². The standard InChI is InChI=1S/C19H27N5O2/c1-3-24-18(21-22-19(24)13-7-14(20)8-13)12-23-10-17(11-23)26-16-6-4-5-15(9-16)25-2/h4-6,9,13-14,17H,3,7-8,10-12,20H2,1-2H3. The van der Waals surface area contributed by atoms with Crippen molar-refractivity contribution in [3.63, 3.8) is 0 Å². The second kappa shape index (κ2) is 7.25. The molecule has 0 amide bonds. The third kappa shape index (κ3) is 3.41. The van der Waals surface area contributed by atoms with Crippen LogP contribution < -0.4 is 15.2 Å². The first kappa shape index (κ1) is 17.3. The maximum atomic E-state index is 6.02. The zero-order valence-corrected chi connectivity index (χ0v) is 15.5. The molecule has 7 heteroatoms. The monoisotopic (exact) mass is 357 g/mol. The number of hydrogen-bond acceptors (Lipinski definition) is 6. The molecule has 1 saturated heterocycles. The number of aromatic nitrogens is 3. The van der Waals surface area contributed by atoms with Crippen LogP contribution in [0, 0.1) is 0 Å². The van der Waals surface area contributed by atoms with Crippen LogP contribution in [0.3, 0.4) is 0 Å². The van der Waals surface area contributed by atoms with Crippen molar-refractivity contribution in [2.24, 2.45) is 5.73 Å². The molecule has 1 aromatic heterocycles. The van der Waals surface area contributed by atoms with Crippen molar-refractivity contribution in [3.05, 3.63) is 35.9 Å². The predicted molar refractivity (Wildman–Crippen MR) is 98.3 cm³/mol. The second-order valence-corrected chi connectivity index (χ2v) is 7.26. The van der Waals surface area contributed by atoms with Crippen LogP contribution in [-0.4, -0.2) is 52.0 Å². The quantitative estimate of drug-likeness (QED) is 0.814. The molecule has 1 aliphatic heterocycles. The largest absolute Gasteiger partial charge is 0.497 e. The summed E-state index contributed by atoms with van der Waals surface area (Å²) in [5.74, 6) is 4.30. The number of benzene rings is 1. The summed E-state index contributed by atoms with van der Waals surface area (Å²) >= 11 is 0. The second-order valence-electron chi connectivity index (χ2n) is 7.26. The first-order valence-corrected chi connectivity index (χ1v) is 9.37. The summed E-state index contributed by atoms with van der Waals surface area (Å²) in [5.41, 5.74) is 5.93. The van der Waals surface area contributed by atoms with E-state index < -0.39 is 0 Å². The highest BCUT2D eigenvalue weighted by Crippen LogP contribution is 2.35. The van der Waals surface area contributed by atoms with Crippen molar-refractivity contribution in [2.75, 3.05) is 20.2 Å². The Hall–Kier alpha value is -2.12. The van der Waals surface area contributed by atoms with Crippen molar-refractivity contribution < 1.29 is 9.47 Å². The van der Waals surface area contributed by atoms with E-state index in [9.17, 15) is 0 Å². The fraction of sp³-hybridized carbons (Fsp3) is 0.579. The molecule has 2 aromatic rings. The van der Waals surface area contributed by atoms with Gasteiger partial charge in [-0.1, -0.05) is 6.07 Å². The highest BCUT2D eigenvalue weighted by atomic mass is 16.5. The summed E-state index contributed by atoms with van der Waals surface area (Å²) in [4.78, 5) is 2.34. The highest BCUT2D eigenvalue weighted by Gasteiger charge is 2.34. The topological polar surface area (TPSA) is 78.4 Å². The molecule has 26 heavy (non-hydrogen) atoms. The van der Waals surface area contributed by atoms with Gasteiger partial charge < -0.3 is 19.8 Å². The van der Waals surface area contributed by atoms with Gasteiger partial charge in [0.1, 0.15) is 29.3 Å². The average Bonchev–Trinajstić information content (AvgIpc) is 2.99. The number of hydrogen-bond donors (Lipinski definition) is 1. The van der Waals surface area contributed by atoms with E-state index >= 15 is 0 Å². The minimum atomic E-state index is 0.212. The van der Waals surface area contributed by atoms with E-state index in [2.05, 4.69) is 26.6 Å². The lowest BCUT2D eigenvalue weighted by Crippen LogP contribution is -2.53. The maximum absolute atomic E-state index is 6.02. The Labute approximate surface area is 154 Å². The summed E-state index contributed by atoms with van der Waals surface area (Å²) in [6, 6.07) is 8.09. The van der Waals surface area contributed by atoms with Crippen molar-refractivity contribution in [1.82, 2.24) is 19.7 Å². The number of nitrogens with zero attached hydrogens (tertiary/aromatic N) is 4. The predicted octanol–water partition coefficient (Wildman–Crippen LogP) is 1.77. The van der Waals surface area contributed by atoms with Gasteiger partial charge in [0.2, 0.25) is 0 Å². The smallest absolute Gasteiger partial charge is 0.147 e. The van der Waals surface area contributed by atoms with Crippen LogP contribution in [-0.2, 0) is 13.1 Å². The van der Waals surface area contributed by atoms with E-state index in [0.717, 1.165) is 62.2 Å². The molecule has 0 unspecified atom stereocenters. The lowest BCUT2D eigenvalue weighted by Gasteiger charge is -2.38. The minimum Gasteiger partial charge on any atom is -0.497 e. The first-order valence-electron chi connectivity index (χ1n) is 9.37. The number of ether oxygens (including phenoxy) is 2. The van der Waals surface area contributed by atoms with E-state index in [1.165, 1.54) is 0 Å². The van der Waals surface area contributed by atoms with Gasteiger partial charge in [-0.25, -0.2) is 0 Å². The average molecular weight is 357 g/mol. The van der Waals surface area contributed by atoms with Gasteiger partial charge in [0.25, 0.3) is 0 Å². The van der Waals surface area contributed by atoms with Crippen molar-refractivity contribution in [1.29, 1.82) is 0 Å². The van der Waals surface area contributed by atoms with E-state index in [4.69, 9.17) is 15.2 Å². The van der Waals surface area contributed by atoms with E-state index in [0.29, 0.717) is 12.0 Å². The first-order chi connectivity index (χ1) is 12.7. The van der Waals surface area contributed by atoms with Gasteiger partial charge in [-0.2, -0.15) is 0 Å². The van der Waals surface area contributed by atoms with Crippen LogP contribution in [0.2, 0.25) is 0 Å². The van der Waals surface area contributed by atoms with Gasteiger partial charge in [0.05, 0.1) is 13.7 Å². The van der Waals surface area contributed by atoms with Crippen LogP contribution in [0.1, 0.15) is 37.3 Å². The minimum absolute atomic E-state index is 0.212. The lowest BCUT2D eigenvalue weighted by molar-refractivity contribution is 0.0122. The molecule has 2 aliphatic rings. The Balaban J connectivity index is 1.31. The summed E-state index contributed by atoms with van der Waals surface area (Å²) < 4.78 is 13.5. The molecule has 1 aromatic carbocycles. The SMILES string of the molecule is CCn1c(CN2CC(Oc3cccc(OC)c3)C2)nnc1C1CC(N)C1. The van der Waals surface area contributed by atoms with Gasteiger partial charge in [0.15, 0.2) is 0 Å².